The van der Waals surface area contributed by atoms with E-state index in [4.69, 9.17) is 0 Å². The van der Waals surface area contributed by atoms with Gasteiger partial charge < -0.3 is 10.6 Å². The van der Waals surface area contributed by atoms with E-state index < -0.39 is 0 Å². The summed E-state index contributed by atoms with van der Waals surface area (Å²) in [5, 5.41) is 10.6. The van der Waals surface area contributed by atoms with Crippen LogP contribution in [0.1, 0.15) is 16.7 Å². The summed E-state index contributed by atoms with van der Waals surface area (Å²) in [5.41, 5.74) is 4.62. The van der Waals surface area contributed by atoms with Crippen LogP contribution in [0.2, 0.25) is 0 Å². The number of carbonyl (C=O) groups excluding carboxylic acids is 1. The van der Waals surface area contributed by atoms with Gasteiger partial charge in [-0.05, 0) is 35.2 Å². The van der Waals surface area contributed by atoms with Crippen LogP contribution < -0.4 is 10.6 Å². The molecule has 1 aliphatic heterocycles. The lowest BCUT2D eigenvalue weighted by Crippen LogP contribution is -2.47. The van der Waals surface area contributed by atoms with Crippen molar-refractivity contribution in [1.82, 2.24) is 20.2 Å². The first-order chi connectivity index (χ1) is 11.3. The van der Waals surface area contributed by atoms with Crippen molar-refractivity contribution in [3.8, 4) is 0 Å². The van der Waals surface area contributed by atoms with Crippen molar-refractivity contribution >= 4 is 11.4 Å². The van der Waals surface area contributed by atoms with E-state index in [9.17, 15) is 4.79 Å². The predicted octanol–water partition coefficient (Wildman–Crippen LogP) is 1.66. The van der Waals surface area contributed by atoms with Crippen LogP contribution in [0.4, 0.5) is 0 Å². The molecular formula is C18H18N4O. The number of aromatic nitrogens is 2. The molecule has 2 N–H and O–H groups in total. The Hall–Kier alpha value is -2.66. The largest absolute Gasteiger partial charge is 0.351 e. The van der Waals surface area contributed by atoms with Crippen molar-refractivity contribution < 1.29 is 4.79 Å². The molecule has 4 rings (SSSR count). The van der Waals surface area contributed by atoms with Crippen molar-refractivity contribution in [2.45, 2.75) is 25.6 Å². The Kier molecular flexibility index (Phi) is 3.55. The van der Waals surface area contributed by atoms with Crippen LogP contribution in [0.3, 0.4) is 0 Å². The van der Waals surface area contributed by atoms with Gasteiger partial charge in [-0.1, -0.05) is 30.3 Å². The van der Waals surface area contributed by atoms with Gasteiger partial charge in [0.25, 0.3) is 0 Å². The maximum atomic E-state index is 12.5. The molecule has 1 aliphatic rings. The zero-order valence-corrected chi connectivity index (χ0v) is 12.7. The highest BCUT2D eigenvalue weighted by atomic mass is 16.2. The number of amides is 1. The molecule has 23 heavy (non-hydrogen) atoms. The monoisotopic (exact) mass is 306 g/mol. The topological polar surface area (TPSA) is 58.4 Å². The molecule has 0 aliphatic carbocycles. The number of nitrogens with zero attached hydrogens (tertiary/aromatic N) is 2. The number of fused-ring (bicyclic) bond motifs is 2. The molecule has 2 aromatic heterocycles. The fraction of sp³-hybridized carbons (Fsp3) is 0.222. The van der Waals surface area contributed by atoms with E-state index in [0.717, 1.165) is 24.0 Å². The highest BCUT2D eigenvalue weighted by molar-refractivity contribution is 5.82. The van der Waals surface area contributed by atoms with Gasteiger partial charge in [-0.25, -0.2) is 4.52 Å². The van der Waals surface area contributed by atoms with Gasteiger partial charge in [0.2, 0.25) is 5.91 Å². The van der Waals surface area contributed by atoms with Crippen LogP contribution in [0.5, 0.6) is 0 Å². The standard InChI is InChI=1S/C18H18N4O/c23-18(16-10-13-4-1-2-5-14(13)11-19-16)20-12-15-6-3-9-22-17(15)7-8-21-22/h1-9,16,19H,10-12H2,(H,20,23)/t16-/m1/s1. The van der Waals surface area contributed by atoms with Gasteiger partial charge in [-0.15, -0.1) is 0 Å². The fourth-order valence-corrected chi connectivity index (χ4v) is 3.11. The zero-order chi connectivity index (χ0) is 15.6. The Morgan fingerprint density at radius 3 is 3.00 bits per heavy atom. The van der Waals surface area contributed by atoms with Gasteiger partial charge in [-0.3, -0.25) is 4.79 Å². The molecular weight excluding hydrogens is 288 g/mol. The van der Waals surface area contributed by atoms with Crippen LogP contribution in [0.15, 0.2) is 54.9 Å². The van der Waals surface area contributed by atoms with E-state index in [2.05, 4.69) is 27.9 Å². The third-order valence-electron chi connectivity index (χ3n) is 4.37. The minimum atomic E-state index is -0.172. The smallest absolute Gasteiger partial charge is 0.237 e. The summed E-state index contributed by atoms with van der Waals surface area (Å²) < 4.78 is 1.82. The predicted molar refractivity (Wildman–Crippen MR) is 87.8 cm³/mol. The van der Waals surface area contributed by atoms with Crippen molar-refractivity contribution in [3.05, 3.63) is 71.5 Å². The molecule has 0 spiro atoms. The molecule has 1 amide bonds. The van der Waals surface area contributed by atoms with E-state index in [0.29, 0.717) is 6.54 Å². The van der Waals surface area contributed by atoms with Crippen LogP contribution in [0, 0.1) is 0 Å². The van der Waals surface area contributed by atoms with E-state index in [1.54, 1.807) is 6.20 Å². The van der Waals surface area contributed by atoms with Gasteiger partial charge in [-0.2, -0.15) is 5.10 Å². The van der Waals surface area contributed by atoms with Gasteiger partial charge >= 0.3 is 0 Å². The van der Waals surface area contributed by atoms with Gasteiger partial charge in [0.1, 0.15) is 0 Å². The Morgan fingerprint density at radius 2 is 2.09 bits per heavy atom. The van der Waals surface area contributed by atoms with Crippen LogP contribution in [0.25, 0.3) is 5.52 Å². The quantitative estimate of drug-likeness (QED) is 0.774. The third kappa shape index (κ3) is 2.71. The average molecular weight is 306 g/mol. The summed E-state index contributed by atoms with van der Waals surface area (Å²) in [7, 11) is 0. The molecule has 1 atom stereocenters. The van der Waals surface area contributed by atoms with E-state index >= 15 is 0 Å². The van der Waals surface area contributed by atoms with Gasteiger partial charge in [0, 0.05) is 25.5 Å². The average Bonchev–Trinajstić information content (AvgIpc) is 3.08. The Balaban J connectivity index is 1.44. The Bertz CT molecular complexity index is 855. The van der Waals surface area contributed by atoms with E-state index in [1.165, 1.54) is 11.1 Å². The summed E-state index contributed by atoms with van der Waals surface area (Å²) in [6.45, 7) is 1.25. The lowest BCUT2D eigenvalue weighted by Gasteiger charge is -2.25. The number of benzene rings is 1. The van der Waals surface area contributed by atoms with Crippen molar-refractivity contribution in [2.24, 2.45) is 0 Å². The molecule has 0 fully saturated rings. The first kappa shape index (κ1) is 14.0. The minimum absolute atomic E-state index is 0.0426. The Labute approximate surface area is 134 Å². The number of hydrogen-bond donors (Lipinski definition) is 2. The molecule has 0 saturated carbocycles. The van der Waals surface area contributed by atoms with Crippen LogP contribution in [-0.4, -0.2) is 21.6 Å². The molecule has 0 unspecified atom stereocenters. The van der Waals surface area contributed by atoms with Crippen molar-refractivity contribution in [2.75, 3.05) is 0 Å². The summed E-state index contributed by atoms with van der Waals surface area (Å²) in [6.07, 6.45) is 4.40. The van der Waals surface area contributed by atoms with Crippen LogP contribution >= 0.6 is 0 Å². The number of rotatable bonds is 3. The number of hydrogen-bond acceptors (Lipinski definition) is 3. The van der Waals surface area contributed by atoms with Crippen molar-refractivity contribution in [1.29, 1.82) is 0 Å². The molecule has 3 aromatic rings. The maximum Gasteiger partial charge on any atom is 0.237 e. The molecule has 5 heteroatoms. The van der Waals surface area contributed by atoms with E-state index in [-0.39, 0.29) is 11.9 Å². The van der Waals surface area contributed by atoms with E-state index in [1.807, 2.05) is 41.0 Å². The lowest BCUT2D eigenvalue weighted by molar-refractivity contribution is -0.123. The number of pyridine rings is 1. The second kappa shape index (κ2) is 5.85. The van der Waals surface area contributed by atoms with Crippen LogP contribution in [-0.2, 0) is 24.3 Å². The normalized spacial score (nSPS) is 17.0. The second-order valence-electron chi connectivity index (χ2n) is 5.82. The minimum Gasteiger partial charge on any atom is -0.351 e. The highest BCUT2D eigenvalue weighted by Gasteiger charge is 2.23. The third-order valence-corrected chi connectivity index (χ3v) is 4.37. The number of nitrogens with one attached hydrogen (secondary N) is 2. The first-order valence-corrected chi connectivity index (χ1v) is 7.80. The highest BCUT2D eigenvalue weighted by Crippen LogP contribution is 2.16. The summed E-state index contributed by atoms with van der Waals surface area (Å²) in [6, 6.07) is 14.0. The molecule has 3 heterocycles. The molecule has 1 aromatic carbocycles. The second-order valence-corrected chi connectivity index (χ2v) is 5.82. The summed E-state index contributed by atoms with van der Waals surface area (Å²) in [5.74, 6) is 0.0426. The molecule has 0 radical (unpaired) electrons. The maximum absolute atomic E-state index is 12.5. The summed E-state index contributed by atoms with van der Waals surface area (Å²) >= 11 is 0. The molecule has 116 valence electrons. The number of carbonyl (C=O) groups is 1. The summed E-state index contributed by atoms with van der Waals surface area (Å²) in [4.78, 5) is 12.5. The van der Waals surface area contributed by atoms with Gasteiger partial charge in [0.05, 0.1) is 11.6 Å². The SMILES string of the molecule is O=C(NCc1cccn2nccc12)[C@H]1Cc2ccccc2CN1. The van der Waals surface area contributed by atoms with Crippen molar-refractivity contribution in [3.63, 3.8) is 0 Å². The zero-order valence-electron chi connectivity index (χ0n) is 12.7. The van der Waals surface area contributed by atoms with Gasteiger partial charge in [0.15, 0.2) is 0 Å². The molecule has 5 nitrogen and oxygen atoms in total. The molecule has 0 saturated heterocycles. The Morgan fingerprint density at radius 1 is 1.22 bits per heavy atom. The fourth-order valence-electron chi connectivity index (χ4n) is 3.11. The molecule has 0 bridgehead atoms. The lowest BCUT2D eigenvalue weighted by atomic mass is 9.95. The first-order valence-electron chi connectivity index (χ1n) is 7.80.